The fourth-order valence-electron chi connectivity index (χ4n) is 3.49. The van der Waals surface area contributed by atoms with Crippen LogP contribution in [0.25, 0.3) is 0 Å². The third-order valence-electron chi connectivity index (χ3n) is 4.78. The Balaban J connectivity index is 0.00000136. The molecule has 1 saturated heterocycles. The Morgan fingerprint density at radius 2 is 1.75 bits per heavy atom. The molecule has 3 rings (SSSR count). The van der Waals surface area contributed by atoms with Gasteiger partial charge in [0.15, 0.2) is 5.84 Å². The zero-order valence-corrected chi connectivity index (χ0v) is 17.3. The lowest BCUT2D eigenvalue weighted by Crippen LogP contribution is -2.47. The Labute approximate surface area is 165 Å². The van der Waals surface area contributed by atoms with Crippen molar-refractivity contribution < 1.29 is 4.39 Å². The van der Waals surface area contributed by atoms with E-state index >= 15 is 0 Å². The van der Waals surface area contributed by atoms with Crippen molar-refractivity contribution in [2.75, 3.05) is 36.0 Å². The summed E-state index contributed by atoms with van der Waals surface area (Å²) < 4.78 is 14.6. The van der Waals surface area contributed by atoms with Gasteiger partial charge in [0.1, 0.15) is 5.82 Å². The van der Waals surface area contributed by atoms with Crippen molar-refractivity contribution in [3.8, 4) is 0 Å². The third-order valence-corrected chi connectivity index (χ3v) is 4.78. The highest BCUT2D eigenvalue weighted by Crippen LogP contribution is 2.28. The average molecular weight is 391 g/mol. The monoisotopic (exact) mass is 390 g/mol. The van der Waals surface area contributed by atoms with Crippen molar-refractivity contribution in [1.29, 1.82) is 0 Å². The Hall–Kier alpha value is -2.81. The minimum absolute atomic E-state index is 0.231. The smallest absolute Gasteiger partial charge is 0.152 e. The number of halogens is 1. The number of aromatic nitrogens is 2. The molecule has 6 N–H and O–H groups in total. The highest BCUT2D eigenvalue weighted by molar-refractivity contribution is 5.99. The van der Waals surface area contributed by atoms with Gasteiger partial charge in [0.25, 0.3) is 0 Å². The van der Waals surface area contributed by atoms with Crippen molar-refractivity contribution in [1.82, 2.24) is 15.7 Å². The molecule has 0 unspecified atom stereocenters. The van der Waals surface area contributed by atoms with Crippen molar-refractivity contribution in [3.63, 3.8) is 0 Å². The number of piperazine rings is 1. The molecule has 1 fully saturated rings. The molecular formula is C19H31FN8. The first-order chi connectivity index (χ1) is 13.4. The molecule has 8 nitrogen and oxygen atoms in total. The minimum atomic E-state index is -0.260. The molecule has 9 heteroatoms. The number of nitrogens with zero attached hydrogens (tertiary/aromatic N) is 4. The van der Waals surface area contributed by atoms with Gasteiger partial charge in [-0.15, -0.1) is 5.10 Å². The zero-order valence-electron chi connectivity index (χ0n) is 17.3. The molecule has 1 aliphatic rings. The highest BCUT2D eigenvalue weighted by atomic mass is 19.1. The molecular weight excluding hydrogens is 359 g/mol. The van der Waals surface area contributed by atoms with E-state index in [9.17, 15) is 4.39 Å². The van der Waals surface area contributed by atoms with Crippen LogP contribution in [0, 0.1) is 26.6 Å². The number of hydrogen-bond acceptors (Lipinski definition) is 6. The van der Waals surface area contributed by atoms with Crippen molar-refractivity contribution in [3.05, 3.63) is 40.5 Å². The van der Waals surface area contributed by atoms with Crippen LogP contribution >= 0.6 is 0 Å². The first-order valence-corrected chi connectivity index (χ1v) is 9.53. The highest BCUT2D eigenvalue weighted by Gasteiger charge is 2.24. The maximum atomic E-state index is 14.6. The summed E-state index contributed by atoms with van der Waals surface area (Å²) in [6, 6.07) is 3.23. The second kappa shape index (κ2) is 9.41. The summed E-state index contributed by atoms with van der Waals surface area (Å²) in [5.74, 6) is 5.17. The normalized spacial score (nSPS) is 14.6. The molecule has 0 spiro atoms. The topological polar surface area (TPSA) is 112 Å². The fourth-order valence-corrected chi connectivity index (χ4v) is 3.49. The van der Waals surface area contributed by atoms with E-state index in [0.29, 0.717) is 29.9 Å². The van der Waals surface area contributed by atoms with Crippen LogP contribution in [0.15, 0.2) is 17.2 Å². The van der Waals surface area contributed by atoms with Crippen LogP contribution in [0.5, 0.6) is 0 Å². The van der Waals surface area contributed by atoms with Crippen molar-refractivity contribution in [2.24, 2.45) is 16.7 Å². The van der Waals surface area contributed by atoms with Crippen LogP contribution in [-0.2, 0) is 0 Å². The van der Waals surface area contributed by atoms with E-state index in [-0.39, 0.29) is 11.7 Å². The van der Waals surface area contributed by atoms with E-state index in [1.54, 1.807) is 13.0 Å². The summed E-state index contributed by atoms with van der Waals surface area (Å²) >= 11 is 0. The van der Waals surface area contributed by atoms with Gasteiger partial charge >= 0.3 is 0 Å². The van der Waals surface area contributed by atoms with Crippen molar-refractivity contribution >= 4 is 17.2 Å². The molecule has 0 amide bonds. The van der Waals surface area contributed by atoms with Gasteiger partial charge in [-0.2, -0.15) is 5.10 Å². The van der Waals surface area contributed by atoms with E-state index in [0.717, 1.165) is 30.2 Å². The van der Waals surface area contributed by atoms with E-state index in [1.807, 2.05) is 32.6 Å². The number of aromatic amines is 1. The fraction of sp³-hybridized carbons (Fsp3) is 0.474. The minimum Gasteiger partial charge on any atom is -0.382 e. The zero-order chi connectivity index (χ0) is 20.8. The predicted octanol–water partition coefficient (Wildman–Crippen LogP) is 1.91. The average Bonchev–Trinajstić information content (AvgIpc) is 3.02. The summed E-state index contributed by atoms with van der Waals surface area (Å²) in [5, 5.41) is 11.1. The van der Waals surface area contributed by atoms with Crippen LogP contribution in [0.1, 0.15) is 36.4 Å². The Bertz CT molecular complexity index is 802. The molecule has 1 aromatic carbocycles. The SMILES string of the molecule is CC.Cc1cc(F)c(N2CCN(c3c(C)n[nH]c3C)CC2)cc1/C(N)=N/NN. The van der Waals surface area contributed by atoms with Gasteiger partial charge in [-0.3, -0.25) is 5.10 Å². The number of H-pyrrole nitrogens is 1. The summed E-state index contributed by atoms with van der Waals surface area (Å²) in [6.07, 6.45) is 0. The number of hydrazone groups is 1. The van der Waals surface area contributed by atoms with Crippen LogP contribution < -0.4 is 26.9 Å². The predicted molar refractivity (Wildman–Crippen MR) is 113 cm³/mol. The number of nitrogens with one attached hydrogen (secondary N) is 2. The Kier molecular flexibility index (Phi) is 7.22. The largest absolute Gasteiger partial charge is 0.382 e. The summed E-state index contributed by atoms with van der Waals surface area (Å²) in [7, 11) is 0. The van der Waals surface area contributed by atoms with E-state index in [2.05, 4.69) is 25.7 Å². The number of anilines is 2. The van der Waals surface area contributed by atoms with Gasteiger partial charge < -0.3 is 15.5 Å². The number of nitrogens with two attached hydrogens (primary N) is 2. The van der Waals surface area contributed by atoms with E-state index in [1.165, 1.54) is 6.07 Å². The molecule has 0 saturated carbocycles. The number of benzene rings is 1. The van der Waals surface area contributed by atoms with Crippen LogP contribution in [-0.4, -0.2) is 42.2 Å². The molecule has 0 bridgehead atoms. The van der Waals surface area contributed by atoms with Gasteiger partial charge in [0.2, 0.25) is 0 Å². The van der Waals surface area contributed by atoms with Gasteiger partial charge in [-0.05, 0) is 38.5 Å². The lowest BCUT2D eigenvalue weighted by Gasteiger charge is -2.37. The van der Waals surface area contributed by atoms with Crippen LogP contribution in [0.3, 0.4) is 0 Å². The third kappa shape index (κ3) is 4.36. The van der Waals surface area contributed by atoms with Crippen LogP contribution in [0.4, 0.5) is 15.8 Å². The van der Waals surface area contributed by atoms with E-state index < -0.39 is 0 Å². The second-order valence-corrected chi connectivity index (χ2v) is 6.50. The first kappa shape index (κ1) is 21.5. The van der Waals surface area contributed by atoms with Gasteiger partial charge in [-0.25, -0.2) is 15.8 Å². The molecule has 1 aromatic heterocycles. The van der Waals surface area contributed by atoms with Gasteiger partial charge in [0.05, 0.1) is 22.8 Å². The lowest BCUT2D eigenvalue weighted by molar-refractivity contribution is 0.596. The Morgan fingerprint density at radius 1 is 1.14 bits per heavy atom. The standard InChI is InChI=1S/C17H25FN8.C2H6/c1-10-8-14(18)15(9-13(10)17(19)23-24-20)25-4-6-26(7-5-25)16-11(2)21-22-12(16)3;1-2/h8-9,24H,4-7,20H2,1-3H3,(H2,19,23)(H,21,22);1-2H3. The van der Waals surface area contributed by atoms with Gasteiger partial charge in [-0.1, -0.05) is 13.8 Å². The number of amidine groups is 1. The molecule has 2 heterocycles. The maximum Gasteiger partial charge on any atom is 0.152 e. The molecule has 0 aliphatic carbocycles. The maximum absolute atomic E-state index is 14.6. The lowest BCUT2D eigenvalue weighted by atomic mass is 10.1. The quantitative estimate of drug-likeness (QED) is 0.275. The number of hydrazine groups is 1. The van der Waals surface area contributed by atoms with Crippen molar-refractivity contribution in [2.45, 2.75) is 34.6 Å². The van der Waals surface area contributed by atoms with Gasteiger partial charge in [0, 0.05) is 31.7 Å². The number of aryl methyl sites for hydroxylation is 3. The first-order valence-electron chi connectivity index (χ1n) is 9.53. The molecule has 0 radical (unpaired) electrons. The van der Waals surface area contributed by atoms with Crippen LogP contribution in [0.2, 0.25) is 0 Å². The molecule has 1 aliphatic heterocycles. The molecule has 0 atom stereocenters. The number of hydrogen-bond donors (Lipinski definition) is 4. The van der Waals surface area contributed by atoms with E-state index in [4.69, 9.17) is 11.6 Å². The summed E-state index contributed by atoms with van der Waals surface area (Å²) in [5.41, 5.74) is 13.2. The second-order valence-electron chi connectivity index (χ2n) is 6.50. The molecule has 28 heavy (non-hydrogen) atoms. The molecule has 154 valence electrons. The Morgan fingerprint density at radius 3 is 2.29 bits per heavy atom. The summed E-state index contributed by atoms with van der Waals surface area (Å²) in [4.78, 5) is 4.31. The summed E-state index contributed by atoms with van der Waals surface area (Å²) in [6.45, 7) is 12.8. The number of rotatable bonds is 4. The molecule has 2 aromatic rings.